The average molecular weight is 249 g/mol. The van der Waals surface area contributed by atoms with Crippen LogP contribution >= 0.6 is 0 Å². The highest BCUT2D eigenvalue weighted by molar-refractivity contribution is 5.38. The normalized spacial score (nSPS) is 17.3. The average Bonchev–Trinajstić information content (AvgIpc) is 2.29. The van der Waals surface area contributed by atoms with Gasteiger partial charge in [-0.3, -0.25) is 0 Å². The van der Waals surface area contributed by atoms with Crippen LogP contribution in [0.5, 0.6) is 5.75 Å². The van der Waals surface area contributed by atoms with Crippen LogP contribution in [-0.2, 0) is 11.3 Å². The summed E-state index contributed by atoms with van der Waals surface area (Å²) in [6.45, 7) is 5.29. The van der Waals surface area contributed by atoms with Gasteiger partial charge in [0.25, 0.3) is 0 Å². The van der Waals surface area contributed by atoms with Gasteiger partial charge in [-0.15, -0.1) is 0 Å². The molecule has 1 saturated carbocycles. The minimum absolute atomic E-state index is 0.0446. The van der Waals surface area contributed by atoms with Gasteiger partial charge in [-0.2, -0.15) is 0 Å². The van der Waals surface area contributed by atoms with E-state index in [4.69, 9.17) is 15.2 Å². The van der Waals surface area contributed by atoms with Gasteiger partial charge in [-0.05, 0) is 50.8 Å². The van der Waals surface area contributed by atoms with Gasteiger partial charge in [0.1, 0.15) is 5.75 Å². The first-order valence-corrected chi connectivity index (χ1v) is 6.83. The minimum Gasteiger partial charge on any atom is -0.494 e. The van der Waals surface area contributed by atoms with Crippen molar-refractivity contribution in [1.29, 1.82) is 0 Å². The lowest BCUT2D eigenvalue weighted by atomic mass is 9.96. The van der Waals surface area contributed by atoms with E-state index in [9.17, 15) is 0 Å². The Hall–Kier alpha value is -1.06. The molecular weight excluding hydrogens is 226 g/mol. The SMILES string of the molecule is CCOc1ccc(C(C)N)cc1COC1CCC1. The summed E-state index contributed by atoms with van der Waals surface area (Å²) in [6, 6.07) is 6.18. The molecule has 0 aromatic heterocycles. The highest BCUT2D eigenvalue weighted by Gasteiger charge is 2.18. The third kappa shape index (κ3) is 3.24. The third-order valence-corrected chi connectivity index (χ3v) is 3.44. The fraction of sp³-hybridized carbons (Fsp3) is 0.600. The van der Waals surface area contributed by atoms with E-state index in [-0.39, 0.29) is 6.04 Å². The second-order valence-electron chi connectivity index (χ2n) is 4.95. The molecule has 18 heavy (non-hydrogen) atoms. The van der Waals surface area contributed by atoms with Crippen molar-refractivity contribution in [3.05, 3.63) is 29.3 Å². The smallest absolute Gasteiger partial charge is 0.124 e. The number of rotatable bonds is 6. The van der Waals surface area contributed by atoms with Crippen molar-refractivity contribution in [2.24, 2.45) is 5.73 Å². The molecule has 1 atom stereocenters. The van der Waals surface area contributed by atoms with Crippen molar-refractivity contribution < 1.29 is 9.47 Å². The summed E-state index contributed by atoms with van der Waals surface area (Å²) >= 11 is 0. The summed E-state index contributed by atoms with van der Waals surface area (Å²) in [5.41, 5.74) is 8.16. The van der Waals surface area contributed by atoms with Gasteiger partial charge >= 0.3 is 0 Å². The molecule has 1 aliphatic carbocycles. The molecule has 0 spiro atoms. The van der Waals surface area contributed by atoms with Gasteiger partial charge in [0.2, 0.25) is 0 Å². The van der Waals surface area contributed by atoms with Crippen LogP contribution in [0.25, 0.3) is 0 Å². The lowest BCUT2D eigenvalue weighted by molar-refractivity contribution is -0.00948. The fourth-order valence-electron chi connectivity index (χ4n) is 2.04. The summed E-state index contributed by atoms with van der Waals surface area (Å²) in [6.07, 6.45) is 4.12. The van der Waals surface area contributed by atoms with Gasteiger partial charge in [0.05, 0.1) is 19.3 Å². The molecule has 100 valence electrons. The second-order valence-corrected chi connectivity index (χ2v) is 4.95. The Morgan fingerprint density at radius 1 is 1.39 bits per heavy atom. The highest BCUT2D eigenvalue weighted by Crippen LogP contribution is 2.27. The first kappa shape index (κ1) is 13.4. The van der Waals surface area contributed by atoms with Crippen molar-refractivity contribution in [2.45, 2.75) is 51.9 Å². The number of ether oxygens (including phenoxy) is 2. The van der Waals surface area contributed by atoms with E-state index < -0.39 is 0 Å². The lowest BCUT2D eigenvalue weighted by Gasteiger charge is -2.26. The van der Waals surface area contributed by atoms with Crippen LogP contribution in [0, 0.1) is 0 Å². The Morgan fingerprint density at radius 2 is 2.17 bits per heavy atom. The summed E-state index contributed by atoms with van der Waals surface area (Å²) in [7, 11) is 0. The maximum absolute atomic E-state index is 5.92. The molecule has 2 rings (SSSR count). The summed E-state index contributed by atoms with van der Waals surface area (Å²) in [5.74, 6) is 0.918. The Morgan fingerprint density at radius 3 is 2.72 bits per heavy atom. The standard InChI is InChI=1S/C15H23NO2/c1-3-17-15-8-7-12(11(2)16)9-13(15)10-18-14-5-4-6-14/h7-9,11,14H,3-6,10,16H2,1-2H3. The van der Waals surface area contributed by atoms with Crippen molar-refractivity contribution in [3.63, 3.8) is 0 Å². The van der Waals surface area contributed by atoms with Gasteiger partial charge < -0.3 is 15.2 Å². The zero-order valence-electron chi connectivity index (χ0n) is 11.3. The third-order valence-electron chi connectivity index (χ3n) is 3.44. The molecule has 1 aromatic rings. The van der Waals surface area contributed by atoms with E-state index in [0.29, 0.717) is 19.3 Å². The molecule has 0 amide bonds. The summed E-state index contributed by atoms with van der Waals surface area (Å²) in [4.78, 5) is 0. The van der Waals surface area contributed by atoms with Crippen LogP contribution in [0.3, 0.4) is 0 Å². The van der Waals surface area contributed by atoms with Gasteiger partial charge in [-0.1, -0.05) is 6.07 Å². The first-order valence-electron chi connectivity index (χ1n) is 6.83. The number of nitrogens with two attached hydrogens (primary N) is 1. The van der Waals surface area contributed by atoms with Crippen LogP contribution in [0.4, 0.5) is 0 Å². The van der Waals surface area contributed by atoms with Gasteiger partial charge in [0, 0.05) is 11.6 Å². The van der Waals surface area contributed by atoms with Gasteiger partial charge in [0.15, 0.2) is 0 Å². The van der Waals surface area contributed by atoms with Crippen LogP contribution < -0.4 is 10.5 Å². The first-order chi connectivity index (χ1) is 8.70. The zero-order valence-corrected chi connectivity index (χ0v) is 11.3. The molecule has 0 heterocycles. The highest BCUT2D eigenvalue weighted by atomic mass is 16.5. The van der Waals surface area contributed by atoms with Crippen molar-refractivity contribution in [2.75, 3.05) is 6.61 Å². The van der Waals surface area contributed by atoms with E-state index in [2.05, 4.69) is 6.07 Å². The molecule has 3 heteroatoms. The topological polar surface area (TPSA) is 44.5 Å². The molecule has 1 fully saturated rings. The zero-order chi connectivity index (χ0) is 13.0. The predicted molar refractivity (Wildman–Crippen MR) is 72.6 cm³/mol. The monoisotopic (exact) mass is 249 g/mol. The summed E-state index contributed by atoms with van der Waals surface area (Å²) in [5, 5.41) is 0. The van der Waals surface area contributed by atoms with Gasteiger partial charge in [-0.25, -0.2) is 0 Å². The van der Waals surface area contributed by atoms with Crippen LogP contribution in [0.15, 0.2) is 18.2 Å². The molecule has 0 bridgehead atoms. The van der Waals surface area contributed by atoms with Crippen molar-refractivity contribution in [1.82, 2.24) is 0 Å². The van der Waals surface area contributed by atoms with Crippen LogP contribution in [0.2, 0.25) is 0 Å². The minimum atomic E-state index is 0.0446. The maximum Gasteiger partial charge on any atom is 0.124 e. The Bertz CT molecular complexity index is 386. The maximum atomic E-state index is 5.92. The van der Waals surface area contributed by atoms with E-state index >= 15 is 0 Å². The van der Waals surface area contributed by atoms with E-state index in [1.165, 1.54) is 19.3 Å². The van der Waals surface area contributed by atoms with Crippen LogP contribution in [-0.4, -0.2) is 12.7 Å². The predicted octanol–water partition coefficient (Wildman–Crippen LogP) is 3.17. The quantitative estimate of drug-likeness (QED) is 0.842. The van der Waals surface area contributed by atoms with Crippen LogP contribution in [0.1, 0.15) is 50.3 Å². The molecular formula is C15H23NO2. The molecule has 2 N–H and O–H groups in total. The fourth-order valence-corrected chi connectivity index (χ4v) is 2.04. The van der Waals surface area contributed by atoms with E-state index in [1.54, 1.807) is 0 Å². The molecule has 0 radical (unpaired) electrons. The lowest BCUT2D eigenvalue weighted by Crippen LogP contribution is -2.21. The van der Waals surface area contributed by atoms with E-state index in [0.717, 1.165) is 16.9 Å². The Balaban J connectivity index is 2.08. The molecule has 1 aromatic carbocycles. The number of benzene rings is 1. The molecule has 0 aliphatic heterocycles. The molecule has 3 nitrogen and oxygen atoms in total. The number of hydrogen-bond donors (Lipinski definition) is 1. The molecule has 1 aliphatic rings. The second kappa shape index (κ2) is 6.21. The van der Waals surface area contributed by atoms with Crippen molar-refractivity contribution in [3.8, 4) is 5.75 Å². The van der Waals surface area contributed by atoms with Crippen molar-refractivity contribution >= 4 is 0 Å². The number of hydrogen-bond acceptors (Lipinski definition) is 3. The Kier molecular flexibility index (Phi) is 4.61. The van der Waals surface area contributed by atoms with E-state index in [1.807, 2.05) is 26.0 Å². The molecule has 1 unspecified atom stereocenters. The largest absolute Gasteiger partial charge is 0.494 e. The Labute approximate surface area is 109 Å². The summed E-state index contributed by atoms with van der Waals surface area (Å²) < 4.78 is 11.5. The molecule has 0 saturated heterocycles.